The van der Waals surface area contributed by atoms with E-state index in [0.717, 1.165) is 12.8 Å². The number of carboxylic acids is 1. The van der Waals surface area contributed by atoms with Crippen LogP contribution in [0.3, 0.4) is 0 Å². The van der Waals surface area contributed by atoms with Gasteiger partial charge in [-0.3, -0.25) is 0 Å². The maximum absolute atomic E-state index is 11.2. The molecule has 1 rings (SSSR count). The summed E-state index contributed by atoms with van der Waals surface area (Å²) in [6, 6.07) is -1.50. The Morgan fingerprint density at radius 2 is 2.07 bits per heavy atom. The molecule has 2 amide bonds. The van der Waals surface area contributed by atoms with Crippen molar-refractivity contribution in [3.05, 3.63) is 0 Å². The minimum absolute atomic E-state index is 0.0200. The summed E-state index contributed by atoms with van der Waals surface area (Å²) in [5.74, 6) is -0.581. The summed E-state index contributed by atoms with van der Waals surface area (Å²) in [5, 5.41) is 22.2. The number of aliphatic hydroxyl groups excluding tert-OH is 1. The van der Waals surface area contributed by atoms with Gasteiger partial charge in [0.1, 0.15) is 6.04 Å². The fourth-order valence-corrected chi connectivity index (χ4v) is 1.15. The van der Waals surface area contributed by atoms with Crippen molar-refractivity contribution in [3.63, 3.8) is 0 Å². The lowest BCUT2D eigenvalue weighted by atomic mass is 10.2. The van der Waals surface area contributed by atoms with Gasteiger partial charge in [0, 0.05) is 19.6 Å². The van der Waals surface area contributed by atoms with Crippen molar-refractivity contribution < 1.29 is 19.8 Å². The zero-order chi connectivity index (χ0) is 11.3. The summed E-state index contributed by atoms with van der Waals surface area (Å²) in [6.45, 7) is 0.331. The van der Waals surface area contributed by atoms with E-state index in [9.17, 15) is 9.59 Å². The second-order valence-corrected chi connectivity index (χ2v) is 3.70. The van der Waals surface area contributed by atoms with Crippen molar-refractivity contribution in [1.82, 2.24) is 10.6 Å². The molecule has 0 saturated heterocycles. The number of amides is 2. The summed E-state index contributed by atoms with van der Waals surface area (Å²) >= 11 is 0. The molecule has 0 aliphatic heterocycles. The van der Waals surface area contributed by atoms with Crippen LogP contribution < -0.4 is 10.6 Å². The normalized spacial score (nSPS) is 16.9. The third kappa shape index (κ3) is 4.64. The predicted octanol–water partition coefficient (Wildman–Crippen LogP) is -0.469. The van der Waals surface area contributed by atoms with Gasteiger partial charge >= 0.3 is 12.0 Å². The molecule has 0 unspecified atom stereocenters. The van der Waals surface area contributed by atoms with Gasteiger partial charge in [0.05, 0.1) is 0 Å². The van der Waals surface area contributed by atoms with Gasteiger partial charge in [0.25, 0.3) is 0 Å². The molecule has 0 aromatic rings. The Morgan fingerprint density at radius 1 is 1.40 bits per heavy atom. The molecule has 0 bridgehead atoms. The van der Waals surface area contributed by atoms with Gasteiger partial charge in [-0.15, -0.1) is 0 Å². The van der Waals surface area contributed by atoms with E-state index < -0.39 is 18.0 Å². The zero-order valence-corrected chi connectivity index (χ0v) is 8.40. The van der Waals surface area contributed by atoms with Crippen LogP contribution >= 0.6 is 0 Å². The number of aliphatic hydroxyl groups is 1. The highest BCUT2D eigenvalue weighted by molar-refractivity contribution is 5.82. The molecule has 0 aromatic carbocycles. The Kier molecular flexibility index (Phi) is 4.36. The molecular weight excluding hydrogens is 200 g/mol. The van der Waals surface area contributed by atoms with E-state index in [1.165, 1.54) is 0 Å². The number of aliphatic carboxylic acids is 1. The van der Waals surface area contributed by atoms with Gasteiger partial charge in [0.2, 0.25) is 0 Å². The molecule has 0 radical (unpaired) electrons. The standard InChI is InChI=1S/C9H16N2O4/c12-4-3-7(8(13)14)11-9(15)10-5-6-1-2-6/h6-7,12H,1-5H2,(H,13,14)(H2,10,11,15)/t7-/m0/s1. The molecule has 1 fully saturated rings. The smallest absolute Gasteiger partial charge is 0.326 e. The van der Waals surface area contributed by atoms with Crippen LogP contribution in [-0.2, 0) is 4.79 Å². The average molecular weight is 216 g/mol. The molecule has 1 aliphatic carbocycles. The summed E-state index contributed by atoms with van der Waals surface area (Å²) in [5.41, 5.74) is 0. The molecule has 15 heavy (non-hydrogen) atoms. The first-order chi connectivity index (χ1) is 7.13. The number of carbonyl (C=O) groups excluding carboxylic acids is 1. The third-order valence-corrected chi connectivity index (χ3v) is 2.27. The molecule has 6 nitrogen and oxygen atoms in total. The van der Waals surface area contributed by atoms with E-state index >= 15 is 0 Å². The molecule has 1 atom stereocenters. The van der Waals surface area contributed by atoms with Crippen LogP contribution in [0.5, 0.6) is 0 Å². The van der Waals surface area contributed by atoms with Gasteiger partial charge in [-0.2, -0.15) is 0 Å². The molecule has 0 spiro atoms. The second kappa shape index (κ2) is 5.55. The summed E-state index contributed by atoms with van der Waals surface area (Å²) in [4.78, 5) is 21.8. The maximum Gasteiger partial charge on any atom is 0.326 e. The summed E-state index contributed by atoms with van der Waals surface area (Å²) < 4.78 is 0. The Labute approximate surface area is 87.7 Å². The lowest BCUT2D eigenvalue weighted by molar-refractivity contribution is -0.139. The highest BCUT2D eigenvalue weighted by Crippen LogP contribution is 2.27. The van der Waals surface area contributed by atoms with Crippen molar-refractivity contribution in [2.75, 3.05) is 13.2 Å². The quantitative estimate of drug-likeness (QED) is 0.482. The maximum atomic E-state index is 11.2. The molecule has 1 aliphatic rings. The topological polar surface area (TPSA) is 98.7 Å². The van der Waals surface area contributed by atoms with Crippen LogP contribution in [0.2, 0.25) is 0 Å². The van der Waals surface area contributed by atoms with E-state index in [2.05, 4.69) is 10.6 Å². The number of nitrogens with one attached hydrogen (secondary N) is 2. The number of hydrogen-bond donors (Lipinski definition) is 4. The molecular formula is C9H16N2O4. The van der Waals surface area contributed by atoms with Crippen molar-refractivity contribution in [2.45, 2.75) is 25.3 Å². The summed E-state index contributed by atoms with van der Waals surface area (Å²) in [6.07, 6.45) is 2.27. The fourth-order valence-electron chi connectivity index (χ4n) is 1.15. The first-order valence-corrected chi connectivity index (χ1v) is 5.01. The first kappa shape index (κ1) is 11.8. The van der Waals surface area contributed by atoms with E-state index in [1.54, 1.807) is 0 Å². The molecule has 0 heterocycles. The number of hydrogen-bond acceptors (Lipinski definition) is 3. The van der Waals surface area contributed by atoms with Crippen LogP contribution in [0, 0.1) is 5.92 Å². The predicted molar refractivity (Wildman–Crippen MR) is 52.4 cm³/mol. The lowest BCUT2D eigenvalue weighted by Gasteiger charge is -2.13. The minimum atomic E-state index is -1.13. The Balaban J connectivity index is 2.22. The van der Waals surface area contributed by atoms with E-state index in [-0.39, 0.29) is 13.0 Å². The number of carbonyl (C=O) groups is 2. The molecule has 86 valence electrons. The lowest BCUT2D eigenvalue weighted by Crippen LogP contribution is -2.46. The van der Waals surface area contributed by atoms with Gasteiger partial charge in [-0.1, -0.05) is 0 Å². The van der Waals surface area contributed by atoms with Gasteiger partial charge in [-0.05, 0) is 18.8 Å². The largest absolute Gasteiger partial charge is 0.480 e. The van der Waals surface area contributed by atoms with Crippen LogP contribution in [0.25, 0.3) is 0 Å². The monoisotopic (exact) mass is 216 g/mol. The van der Waals surface area contributed by atoms with Crippen LogP contribution in [0.15, 0.2) is 0 Å². The molecule has 0 aromatic heterocycles. The van der Waals surface area contributed by atoms with E-state index in [4.69, 9.17) is 10.2 Å². The fraction of sp³-hybridized carbons (Fsp3) is 0.778. The van der Waals surface area contributed by atoms with Crippen molar-refractivity contribution >= 4 is 12.0 Å². The highest BCUT2D eigenvalue weighted by Gasteiger charge is 2.23. The SMILES string of the molecule is O=C(NCC1CC1)N[C@@H](CCO)C(=O)O. The minimum Gasteiger partial charge on any atom is -0.480 e. The molecule has 1 saturated carbocycles. The van der Waals surface area contributed by atoms with Crippen molar-refractivity contribution in [1.29, 1.82) is 0 Å². The molecule has 4 N–H and O–H groups in total. The van der Waals surface area contributed by atoms with E-state index in [1.807, 2.05) is 0 Å². The van der Waals surface area contributed by atoms with Crippen LogP contribution in [-0.4, -0.2) is 41.4 Å². The van der Waals surface area contributed by atoms with Crippen molar-refractivity contribution in [2.24, 2.45) is 5.92 Å². The van der Waals surface area contributed by atoms with Crippen molar-refractivity contribution in [3.8, 4) is 0 Å². The van der Waals surface area contributed by atoms with Crippen LogP contribution in [0.1, 0.15) is 19.3 Å². The zero-order valence-electron chi connectivity index (χ0n) is 8.40. The Hall–Kier alpha value is -1.30. The first-order valence-electron chi connectivity index (χ1n) is 5.01. The number of urea groups is 1. The summed E-state index contributed by atoms with van der Waals surface area (Å²) in [7, 11) is 0. The number of carboxylic acid groups (broad SMARTS) is 1. The van der Waals surface area contributed by atoms with Gasteiger partial charge in [0.15, 0.2) is 0 Å². The molecule has 6 heteroatoms. The Morgan fingerprint density at radius 3 is 2.53 bits per heavy atom. The third-order valence-electron chi connectivity index (χ3n) is 2.27. The highest BCUT2D eigenvalue weighted by atomic mass is 16.4. The van der Waals surface area contributed by atoms with Crippen LogP contribution in [0.4, 0.5) is 4.79 Å². The Bertz CT molecular complexity index is 240. The number of rotatable bonds is 6. The van der Waals surface area contributed by atoms with Gasteiger partial charge in [-0.25, -0.2) is 9.59 Å². The van der Waals surface area contributed by atoms with Gasteiger partial charge < -0.3 is 20.8 Å². The average Bonchev–Trinajstić information content (AvgIpc) is 2.97. The second-order valence-electron chi connectivity index (χ2n) is 3.70. The van der Waals surface area contributed by atoms with E-state index in [0.29, 0.717) is 12.5 Å².